The maximum atomic E-state index is 12.0. The van der Waals surface area contributed by atoms with Crippen molar-refractivity contribution in [3.8, 4) is 0 Å². The second-order valence-electron chi connectivity index (χ2n) is 5.45. The lowest BCUT2D eigenvalue weighted by molar-refractivity contribution is -0.147. The molecule has 0 aliphatic heterocycles. The number of carbonyl (C=O) groups excluding carboxylic acids is 1. The highest BCUT2D eigenvalue weighted by atomic mass is 16.4. The highest BCUT2D eigenvalue weighted by Crippen LogP contribution is 2.18. The Morgan fingerprint density at radius 2 is 2.00 bits per heavy atom. The zero-order valence-corrected chi connectivity index (χ0v) is 11.9. The quantitative estimate of drug-likeness (QED) is 0.576. The molecule has 0 fully saturated rings. The molecule has 0 saturated heterocycles. The Labute approximate surface area is 121 Å². The lowest BCUT2D eigenvalue weighted by Crippen LogP contribution is -2.58. The molecule has 0 saturated carbocycles. The van der Waals surface area contributed by atoms with E-state index in [1.807, 2.05) is 24.3 Å². The predicted octanol–water partition coefficient (Wildman–Crippen LogP) is -0.110. The summed E-state index contributed by atoms with van der Waals surface area (Å²) in [5, 5.41) is 18.2. The van der Waals surface area contributed by atoms with Gasteiger partial charge in [0.05, 0.1) is 6.42 Å². The first-order valence-electron chi connectivity index (χ1n) is 6.53. The molecule has 1 amide bonds. The van der Waals surface area contributed by atoms with Gasteiger partial charge in [-0.05, 0) is 25.5 Å². The number of nitrogens with one attached hydrogen (secondary N) is 2. The van der Waals surface area contributed by atoms with Crippen molar-refractivity contribution in [1.29, 1.82) is 0 Å². The molecule has 21 heavy (non-hydrogen) atoms. The highest BCUT2D eigenvalue weighted by molar-refractivity contribution is 6.37. The smallest absolute Gasteiger partial charge is 0.328 e. The Balaban J connectivity index is 2.11. The molecule has 110 valence electrons. The van der Waals surface area contributed by atoms with Crippen molar-refractivity contribution < 1.29 is 20.1 Å². The van der Waals surface area contributed by atoms with Gasteiger partial charge in [-0.3, -0.25) is 10.2 Å². The van der Waals surface area contributed by atoms with E-state index in [4.69, 9.17) is 10.5 Å². The van der Waals surface area contributed by atoms with Gasteiger partial charge in [-0.2, -0.15) is 0 Å². The maximum Gasteiger partial charge on any atom is 0.328 e. The van der Waals surface area contributed by atoms with Gasteiger partial charge in [-0.15, -0.1) is 0 Å². The predicted molar refractivity (Wildman–Crippen MR) is 78.8 cm³/mol. The summed E-state index contributed by atoms with van der Waals surface area (Å²) in [5.74, 6) is -1.68. The number of para-hydroxylation sites is 1. The van der Waals surface area contributed by atoms with Crippen LogP contribution in [0.3, 0.4) is 0 Å². The molecule has 0 aliphatic rings. The summed E-state index contributed by atoms with van der Waals surface area (Å²) in [6.45, 7) is 2.82. The third kappa shape index (κ3) is 3.10. The number of H-pyrrole nitrogens is 1. The fourth-order valence-electron chi connectivity index (χ4n) is 1.98. The zero-order chi connectivity index (χ0) is 15.6. The summed E-state index contributed by atoms with van der Waals surface area (Å²) < 4.78 is 0. The maximum absolute atomic E-state index is 12.0. The van der Waals surface area contributed by atoms with Crippen molar-refractivity contribution in [3.05, 3.63) is 36.0 Å². The summed E-state index contributed by atoms with van der Waals surface area (Å²) >= 11 is 0. The van der Waals surface area contributed by atoms with Gasteiger partial charge in [0.2, 0.25) is 5.71 Å². The third-order valence-corrected chi connectivity index (χ3v) is 3.31. The number of aromatic amines is 1. The number of hydrogen-bond acceptors (Lipinski definition) is 2. The Morgan fingerprint density at radius 3 is 2.67 bits per heavy atom. The van der Waals surface area contributed by atoms with Gasteiger partial charge < -0.3 is 15.4 Å². The number of fused-ring (bicyclic) bond motifs is 1. The van der Waals surface area contributed by atoms with E-state index in [-0.39, 0.29) is 12.1 Å². The Morgan fingerprint density at radius 1 is 1.33 bits per heavy atom. The number of hydrogen-bond donors (Lipinski definition) is 4. The van der Waals surface area contributed by atoms with Gasteiger partial charge in [0, 0.05) is 17.1 Å². The third-order valence-electron chi connectivity index (χ3n) is 3.31. The van der Waals surface area contributed by atoms with E-state index in [0.29, 0.717) is 0 Å². The number of aliphatic carboxylic acids is 1. The van der Waals surface area contributed by atoms with E-state index >= 15 is 0 Å². The van der Waals surface area contributed by atoms with E-state index in [0.717, 1.165) is 16.5 Å². The van der Waals surface area contributed by atoms with E-state index in [1.54, 1.807) is 6.20 Å². The number of carboxylic acid groups (broad SMARTS) is 1. The van der Waals surface area contributed by atoms with E-state index in [9.17, 15) is 9.59 Å². The van der Waals surface area contributed by atoms with Gasteiger partial charge in [0.15, 0.2) is 0 Å². The lowest BCUT2D eigenvalue weighted by Gasteiger charge is -2.19. The van der Waals surface area contributed by atoms with E-state index in [2.05, 4.69) is 10.3 Å². The largest absolute Gasteiger partial charge is 0.480 e. The molecule has 5 N–H and O–H groups in total. The van der Waals surface area contributed by atoms with Crippen LogP contribution < -0.4 is 10.7 Å². The molecule has 0 spiro atoms. The first kappa shape index (κ1) is 14.8. The van der Waals surface area contributed by atoms with Crippen LogP contribution in [0, 0.1) is 0 Å². The Kier molecular flexibility index (Phi) is 3.80. The lowest BCUT2D eigenvalue weighted by atomic mass is 10.0. The monoisotopic (exact) mass is 288 g/mol. The van der Waals surface area contributed by atoms with Crippen molar-refractivity contribution in [2.24, 2.45) is 0 Å². The normalized spacial score (nSPS) is 11.3. The van der Waals surface area contributed by atoms with Crippen LogP contribution in [-0.4, -0.2) is 33.2 Å². The number of aromatic nitrogens is 1. The fraction of sp³-hybridized carbons (Fsp3) is 0.267. The second kappa shape index (κ2) is 5.40. The van der Waals surface area contributed by atoms with Crippen LogP contribution in [0.1, 0.15) is 19.4 Å². The summed E-state index contributed by atoms with van der Waals surface area (Å²) in [6, 6.07) is 7.69. The van der Waals surface area contributed by atoms with Crippen LogP contribution in [0.4, 0.5) is 0 Å². The minimum Gasteiger partial charge on any atom is -0.480 e. The van der Waals surface area contributed by atoms with E-state index in [1.165, 1.54) is 13.8 Å². The molecule has 0 unspecified atom stereocenters. The fourth-order valence-corrected chi connectivity index (χ4v) is 1.98. The van der Waals surface area contributed by atoms with Crippen molar-refractivity contribution >= 4 is 28.5 Å². The van der Waals surface area contributed by atoms with Crippen LogP contribution in [0.2, 0.25) is 0 Å². The molecule has 0 atom stereocenters. The van der Waals surface area contributed by atoms with Crippen LogP contribution in [0.15, 0.2) is 30.5 Å². The summed E-state index contributed by atoms with van der Waals surface area (Å²) in [4.78, 5) is 26.1. The van der Waals surface area contributed by atoms with Crippen molar-refractivity contribution in [1.82, 2.24) is 10.3 Å². The molecule has 1 heterocycles. The standard InChI is InChI=1S/C15H17N3O3/c1-15(2,14(20)21)18-13(19)11(16)7-9-8-17-12-6-4-3-5-10(9)12/h3-6,8,16-17H,7H2,1-2H3,(H,18,19)(H,20,21)/p+1. The zero-order valence-electron chi connectivity index (χ0n) is 11.9. The highest BCUT2D eigenvalue weighted by Gasteiger charge is 2.31. The average molecular weight is 288 g/mol. The van der Waals surface area contributed by atoms with Crippen LogP contribution >= 0.6 is 0 Å². The van der Waals surface area contributed by atoms with Crippen molar-refractivity contribution in [2.75, 3.05) is 0 Å². The molecule has 1 aromatic heterocycles. The minimum atomic E-state index is -1.36. The van der Waals surface area contributed by atoms with Crippen LogP contribution in [0.5, 0.6) is 0 Å². The van der Waals surface area contributed by atoms with Gasteiger partial charge >= 0.3 is 11.9 Å². The minimum absolute atomic E-state index is 0.0779. The summed E-state index contributed by atoms with van der Waals surface area (Å²) in [5.41, 5.74) is 0.578. The SMILES string of the molecule is CC(C)(NC(=O)C(=[NH2+])Cc1c[nH]c2ccccc12)C(=O)O. The second-order valence-corrected chi connectivity index (χ2v) is 5.45. The number of amides is 1. The van der Waals surface area contributed by atoms with E-state index < -0.39 is 17.4 Å². The first-order chi connectivity index (χ1) is 9.81. The number of rotatable bonds is 5. The van der Waals surface area contributed by atoms with Gasteiger partial charge in [-0.25, -0.2) is 4.79 Å². The van der Waals surface area contributed by atoms with Crippen LogP contribution in [-0.2, 0) is 16.0 Å². The number of carbonyl (C=O) groups is 2. The molecule has 0 bridgehead atoms. The number of carboxylic acids is 1. The van der Waals surface area contributed by atoms with Crippen LogP contribution in [0.25, 0.3) is 10.9 Å². The number of benzene rings is 1. The molecule has 1 aromatic carbocycles. The first-order valence-corrected chi connectivity index (χ1v) is 6.53. The van der Waals surface area contributed by atoms with Gasteiger partial charge in [-0.1, -0.05) is 18.2 Å². The molecule has 0 radical (unpaired) electrons. The average Bonchev–Trinajstić information content (AvgIpc) is 2.81. The van der Waals surface area contributed by atoms with Crippen molar-refractivity contribution in [2.45, 2.75) is 25.8 Å². The molecule has 6 heteroatoms. The van der Waals surface area contributed by atoms with Crippen molar-refractivity contribution in [3.63, 3.8) is 0 Å². The molecule has 2 rings (SSSR count). The molecular weight excluding hydrogens is 270 g/mol. The molecule has 2 aromatic rings. The molecule has 6 nitrogen and oxygen atoms in total. The molecular formula is C15H18N3O3+. The molecule has 0 aliphatic carbocycles. The topological polar surface area (TPSA) is 108 Å². The summed E-state index contributed by atoms with van der Waals surface area (Å²) in [7, 11) is 0. The summed E-state index contributed by atoms with van der Waals surface area (Å²) in [6.07, 6.45) is 2.05. The Hall–Kier alpha value is -2.63. The Bertz CT molecular complexity index is 716. The van der Waals surface area contributed by atoms with Gasteiger partial charge in [0.25, 0.3) is 0 Å². The number of nitrogens with two attached hydrogens (primary N) is 1. The van der Waals surface area contributed by atoms with Gasteiger partial charge in [0.1, 0.15) is 5.54 Å².